The van der Waals surface area contributed by atoms with Gasteiger partial charge in [-0.2, -0.15) is 0 Å². The van der Waals surface area contributed by atoms with Crippen molar-refractivity contribution in [1.82, 2.24) is 4.98 Å². The first kappa shape index (κ1) is 15.8. The summed E-state index contributed by atoms with van der Waals surface area (Å²) in [6, 6.07) is 12.6. The smallest absolute Gasteiger partial charge is 0.257 e. The highest BCUT2D eigenvalue weighted by Crippen LogP contribution is 2.34. The molecule has 1 aromatic heterocycles. The highest BCUT2D eigenvalue weighted by atomic mass is 32.1. The topological polar surface area (TPSA) is 68.3 Å². The fraction of sp³-hybridized carbons (Fsp3) is 0.211. The predicted molar refractivity (Wildman–Crippen MR) is 97.7 cm³/mol. The number of ketones is 1. The molecule has 1 aliphatic rings. The summed E-state index contributed by atoms with van der Waals surface area (Å²) < 4.78 is 6.83. The maximum atomic E-state index is 12.5. The van der Waals surface area contributed by atoms with Gasteiger partial charge in [-0.05, 0) is 44.2 Å². The molecule has 0 bridgehead atoms. The lowest BCUT2D eigenvalue weighted by Gasteiger charge is -2.31. The van der Waals surface area contributed by atoms with Crippen molar-refractivity contribution in [1.29, 1.82) is 0 Å². The second-order valence-electron chi connectivity index (χ2n) is 6.61. The Morgan fingerprint density at radius 2 is 2.04 bits per heavy atom. The summed E-state index contributed by atoms with van der Waals surface area (Å²) >= 11 is 1.41. The van der Waals surface area contributed by atoms with Crippen molar-refractivity contribution in [3.63, 3.8) is 0 Å². The van der Waals surface area contributed by atoms with Crippen molar-refractivity contribution >= 4 is 38.4 Å². The third kappa shape index (κ3) is 3.00. The van der Waals surface area contributed by atoms with Crippen LogP contribution in [0.15, 0.2) is 42.5 Å². The quantitative estimate of drug-likeness (QED) is 0.747. The third-order valence-corrected chi connectivity index (χ3v) is 4.98. The van der Waals surface area contributed by atoms with E-state index in [9.17, 15) is 9.59 Å². The normalized spacial score (nSPS) is 15.5. The minimum atomic E-state index is -0.519. The first-order valence-electron chi connectivity index (χ1n) is 7.94. The molecule has 25 heavy (non-hydrogen) atoms. The highest BCUT2D eigenvalue weighted by Gasteiger charge is 2.32. The number of nitrogens with zero attached hydrogens (tertiary/aromatic N) is 1. The van der Waals surface area contributed by atoms with E-state index in [1.165, 1.54) is 11.3 Å². The van der Waals surface area contributed by atoms with E-state index < -0.39 is 5.60 Å². The van der Waals surface area contributed by atoms with Gasteiger partial charge in [0.2, 0.25) is 0 Å². The Morgan fingerprint density at radius 3 is 2.84 bits per heavy atom. The van der Waals surface area contributed by atoms with Crippen LogP contribution in [0.5, 0.6) is 5.75 Å². The van der Waals surface area contributed by atoms with E-state index >= 15 is 0 Å². The van der Waals surface area contributed by atoms with Crippen LogP contribution in [0.4, 0.5) is 5.13 Å². The average molecular weight is 352 g/mol. The molecule has 0 saturated carbocycles. The van der Waals surface area contributed by atoms with Crippen LogP contribution < -0.4 is 10.1 Å². The Bertz CT molecular complexity index is 974. The molecule has 126 valence electrons. The molecule has 1 aliphatic heterocycles. The number of nitrogens with one attached hydrogen (secondary N) is 1. The number of benzene rings is 2. The van der Waals surface area contributed by atoms with Crippen LogP contribution in [0.1, 0.15) is 41.0 Å². The summed E-state index contributed by atoms with van der Waals surface area (Å²) in [6.45, 7) is 3.75. The van der Waals surface area contributed by atoms with Gasteiger partial charge in [-0.25, -0.2) is 4.98 Å². The molecule has 5 nitrogen and oxygen atoms in total. The summed E-state index contributed by atoms with van der Waals surface area (Å²) in [5.41, 5.74) is 1.19. The second kappa shape index (κ2) is 5.67. The molecule has 1 N–H and O–H groups in total. The van der Waals surface area contributed by atoms with Crippen molar-refractivity contribution < 1.29 is 14.3 Å². The molecule has 2 aromatic carbocycles. The maximum Gasteiger partial charge on any atom is 0.257 e. The van der Waals surface area contributed by atoms with Gasteiger partial charge in [0.15, 0.2) is 10.9 Å². The number of carbonyl (C=O) groups excluding carboxylic acids is 2. The molecule has 0 atom stereocenters. The van der Waals surface area contributed by atoms with Gasteiger partial charge in [0, 0.05) is 5.56 Å². The fourth-order valence-corrected chi connectivity index (χ4v) is 3.75. The van der Waals surface area contributed by atoms with Crippen LogP contribution in [0.3, 0.4) is 0 Å². The number of thiazole rings is 1. The number of Topliss-reactive ketones (excluding diaryl/α,β-unsaturated/α-hetero) is 1. The van der Waals surface area contributed by atoms with Gasteiger partial charge < -0.3 is 4.74 Å². The lowest BCUT2D eigenvalue weighted by molar-refractivity contribution is 0.0620. The summed E-state index contributed by atoms with van der Waals surface area (Å²) in [7, 11) is 0. The molecular formula is C19H16N2O3S. The van der Waals surface area contributed by atoms with Crippen LogP contribution in [0.25, 0.3) is 10.2 Å². The van der Waals surface area contributed by atoms with E-state index in [1.807, 2.05) is 38.1 Å². The van der Waals surface area contributed by atoms with Crippen LogP contribution in [0.2, 0.25) is 0 Å². The Labute approximate surface area is 148 Å². The molecule has 0 spiro atoms. The molecule has 4 rings (SSSR count). The van der Waals surface area contributed by atoms with E-state index in [2.05, 4.69) is 10.3 Å². The number of fused-ring (bicyclic) bond motifs is 2. The Kier molecular flexibility index (Phi) is 3.58. The molecule has 0 aliphatic carbocycles. The number of ether oxygens (including phenoxy) is 1. The maximum absolute atomic E-state index is 12.5. The van der Waals surface area contributed by atoms with E-state index in [0.29, 0.717) is 28.4 Å². The van der Waals surface area contributed by atoms with Crippen LogP contribution in [-0.2, 0) is 0 Å². The Hall–Kier alpha value is -2.73. The van der Waals surface area contributed by atoms with Gasteiger partial charge in [0.25, 0.3) is 5.91 Å². The second-order valence-corrected chi connectivity index (χ2v) is 7.64. The largest absolute Gasteiger partial charge is 0.487 e. The monoisotopic (exact) mass is 352 g/mol. The number of amides is 1. The van der Waals surface area contributed by atoms with Crippen molar-refractivity contribution in [2.75, 3.05) is 5.32 Å². The van der Waals surface area contributed by atoms with Crippen molar-refractivity contribution in [2.45, 2.75) is 25.9 Å². The SMILES string of the molecule is CC1(C)CC(=O)c2cc(C(=O)Nc3nc4ccccc4s3)ccc2O1. The van der Waals surface area contributed by atoms with Gasteiger partial charge in [0.1, 0.15) is 11.4 Å². The summed E-state index contributed by atoms with van der Waals surface area (Å²) in [6.07, 6.45) is 0.295. The van der Waals surface area contributed by atoms with Gasteiger partial charge in [-0.1, -0.05) is 23.5 Å². The number of aromatic nitrogens is 1. The van der Waals surface area contributed by atoms with Crippen LogP contribution in [-0.4, -0.2) is 22.3 Å². The first-order chi connectivity index (χ1) is 11.9. The average Bonchev–Trinajstić information content (AvgIpc) is 2.95. The van der Waals surface area contributed by atoms with Gasteiger partial charge >= 0.3 is 0 Å². The minimum absolute atomic E-state index is 0.0131. The standard InChI is InChI=1S/C19H16N2O3S/c1-19(2)10-14(22)12-9-11(7-8-15(12)24-19)17(23)21-18-20-13-5-3-4-6-16(13)25-18/h3-9H,10H2,1-2H3,(H,20,21,23). The molecule has 1 amide bonds. The zero-order valence-electron chi connectivity index (χ0n) is 13.8. The van der Waals surface area contributed by atoms with E-state index in [4.69, 9.17) is 4.74 Å². The van der Waals surface area contributed by atoms with Crippen molar-refractivity contribution in [3.8, 4) is 5.75 Å². The summed E-state index contributed by atoms with van der Waals surface area (Å²) in [5.74, 6) is 0.221. The molecule has 0 fully saturated rings. The lowest BCUT2D eigenvalue weighted by Crippen LogP contribution is -2.36. The van der Waals surface area contributed by atoms with Crippen molar-refractivity contribution in [2.24, 2.45) is 0 Å². The van der Waals surface area contributed by atoms with E-state index in [0.717, 1.165) is 10.2 Å². The van der Waals surface area contributed by atoms with Crippen LogP contribution in [0, 0.1) is 0 Å². The molecule has 0 unspecified atom stereocenters. The zero-order valence-corrected chi connectivity index (χ0v) is 14.6. The molecule has 0 saturated heterocycles. The van der Waals surface area contributed by atoms with E-state index in [-0.39, 0.29) is 11.7 Å². The molecule has 6 heteroatoms. The number of hydrogen-bond acceptors (Lipinski definition) is 5. The zero-order chi connectivity index (χ0) is 17.6. The third-order valence-electron chi connectivity index (χ3n) is 4.03. The van der Waals surface area contributed by atoms with Crippen molar-refractivity contribution in [3.05, 3.63) is 53.6 Å². The fourth-order valence-electron chi connectivity index (χ4n) is 2.89. The molecule has 2 heterocycles. The number of anilines is 1. The predicted octanol–water partition coefficient (Wildman–Crippen LogP) is 4.29. The lowest BCUT2D eigenvalue weighted by atomic mass is 9.92. The minimum Gasteiger partial charge on any atom is -0.487 e. The van der Waals surface area contributed by atoms with Gasteiger partial charge in [0.05, 0.1) is 22.2 Å². The number of hydrogen-bond donors (Lipinski definition) is 1. The van der Waals surface area contributed by atoms with E-state index in [1.54, 1.807) is 18.2 Å². The number of para-hydroxylation sites is 1. The van der Waals surface area contributed by atoms with Crippen LogP contribution >= 0.6 is 11.3 Å². The Morgan fingerprint density at radius 1 is 1.24 bits per heavy atom. The number of carbonyl (C=O) groups is 2. The Balaban J connectivity index is 1.60. The highest BCUT2D eigenvalue weighted by molar-refractivity contribution is 7.22. The van der Waals surface area contributed by atoms with Gasteiger partial charge in [-0.15, -0.1) is 0 Å². The first-order valence-corrected chi connectivity index (χ1v) is 8.76. The molecule has 0 radical (unpaired) electrons. The van der Waals surface area contributed by atoms with Gasteiger partial charge in [-0.3, -0.25) is 14.9 Å². The summed E-state index contributed by atoms with van der Waals surface area (Å²) in [5, 5.41) is 3.34. The molecular weight excluding hydrogens is 336 g/mol. The summed E-state index contributed by atoms with van der Waals surface area (Å²) in [4.78, 5) is 29.2. The molecule has 3 aromatic rings. The number of rotatable bonds is 2.